The Hall–Kier alpha value is -1.60. The van der Waals surface area contributed by atoms with Gasteiger partial charge in [-0.3, -0.25) is 14.7 Å². The molecule has 2 heterocycles. The van der Waals surface area contributed by atoms with E-state index >= 15 is 0 Å². The lowest BCUT2D eigenvalue weighted by Crippen LogP contribution is -2.27. The van der Waals surface area contributed by atoms with Gasteiger partial charge in [0.15, 0.2) is 5.75 Å². The topological polar surface area (TPSA) is 53.4 Å². The highest BCUT2D eigenvalue weighted by Gasteiger charge is 2.32. The fourth-order valence-electron chi connectivity index (χ4n) is 2.13. The van der Waals surface area contributed by atoms with E-state index in [1.54, 1.807) is 18.5 Å². The Labute approximate surface area is 158 Å². The molecule has 1 aromatic heterocycles. The van der Waals surface area contributed by atoms with Crippen molar-refractivity contribution in [2.45, 2.75) is 6.54 Å². The molecule has 8 heteroatoms. The van der Waals surface area contributed by atoms with Gasteiger partial charge in [-0.25, -0.2) is 0 Å². The summed E-state index contributed by atoms with van der Waals surface area (Å²) in [5.74, 6) is -0.367. The first kappa shape index (κ1) is 17.2. The van der Waals surface area contributed by atoms with Gasteiger partial charge >= 0.3 is 0 Å². The molecular formula is C16H10Cl2N2O2S2. The number of amides is 1. The summed E-state index contributed by atoms with van der Waals surface area (Å²) in [6.07, 6.45) is 5.02. The van der Waals surface area contributed by atoms with Crippen LogP contribution in [0.1, 0.15) is 11.1 Å². The third-order valence-corrected chi connectivity index (χ3v) is 5.23. The van der Waals surface area contributed by atoms with Gasteiger partial charge in [0, 0.05) is 12.4 Å². The number of carbonyl (C=O) groups excluding carboxylic acids is 1. The van der Waals surface area contributed by atoms with Crippen molar-refractivity contribution in [1.82, 2.24) is 9.88 Å². The van der Waals surface area contributed by atoms with Crippen LogP contribution in [0.4, 0.5) is 0 Å². The van der Waals surface area contributed by atoms with Crippen LogP contribution >= 0.6 is 47.2 Å². The molecule has 1 amide bonds. The number of hydrogen-bond donors (Lipinski definition) is 1. The summed E-state index contributed by atoms with van der Waals surface area (Å²) in [6, 6.07) is 6.77. The number of aromatic hydroxyl groups is 1. The van der Waals surface area contributed by atoms with E-state index in [-0.39, 0.29) is 21.7 Å². The third-order valence-electron chi connectivity index (χ3n) is 3.27. The van der Waals surface area contributed by atoms with Gasteiger partial charge in [0.2, 0.25) is 0 Å². The number of hydrogen-bond acceptors (Lipinski definition) is 5. The second kappa shape index (κ2) is 7.11. The molecule has 1 N–H and O–H groups in total. The van der Waals surface area contributed by atoms with Crippen LogP contribution in [0.15, 0.2) is 41.6 Å². The van der Waals surface area contributed by atoms with Crippen molar-refractivity contribution in [3.05, 3.63) is 62.7 Å². The molecule has 2 aromatic rings. The van der Waals surface area contributed by atoms with Crippen LogP contribution in [0, 0.1) is 0 Å². The van der Waals surface area contributed by atoms with Gasteiger partial charge in [-0.15, -0.1) is 0 Å². The lowest BCUT2D eigenvalue weighted by molar-refractivity contribution is -0.122. The summed E-state index contributed by atoms with van der Waals surface area (Å²) >= 11 is 18.3. The van der Waals surface area contributed by atoms with Crippen LogP contribution in [0.5, 0.6) is 5.75 Å². The van der Waals surface area contributed by atoms with Gasteiger partial charge in [0.25, 0.3) is 5.91 Å². The van der Waals surface area contributed by atoms with E-state index in [0.29, 0.717) is 21.3 Å². The highest BCUT2D eigenvalue weighted by molar-refractivity contribution is 8.26. The summed E-state index contributed by atoms with van der Waals surface area (Å²) in [4.78, 5) is 18.6. The van der Waals surface area contributed by atoms with E-state index in [2.05, 4.69) is 4.98 Å². The zero-order chi connectivity index (χ0) is 17.3. The van der Waals surface area contributed by atoms with Crippen molar-refractivity contribution in [3.8, 4) is 5.75 Å². The average Bonchev–Trinajstić information content (AvgIpc) is 2.81. The molecule has 4 nitrogen and oxygen atoms in total. The summed E-state index contributed by atoms with van der Waals surface area (Å²) in [7, 11) is 0. The quantitative estimate of drug-likeness (QED) is 0.611. The molecule has 3 rings (SSSR count). The Morgan fingerprint density at radius 3 is 2.67 bits per heavy atom. The van der Waals surface area contributed by atoms with E-state index < -0.39 is 0 Å². The number of nitrogens with zero attached hydrogens (tertiary/aromatic N) is 2. The monoisotopic (exact) mass is 396 g/mol. The Bertz CT molecular complexity index is 833. The van der Waals surface area contributed by atoms with Crippen LogP contribution < -0.4 is 0 Å². The minimum atomic E-state index is -0.186. The number of pyridine rings is 1. The number of thiocarbonyl (C=S) groups is 1. The molecule has 0 unspecified atom stereocenters. The molecule has 1 aliphatic rings. The van der Waals surface area contributed by atoms with Crippen LogP contribution in [0.2, 0.25) is 10.0 Å². The molecule has 1 saturated heterocycles. The predicted octanol–water partition coefficient (Wildman–Crippen LogP) is 4.50. The molecule has 122 valence electrons. The van der Waals surface area contributed by atoms with Crippen LogP contribution in [0.25, 0.3) is 6.08 Å². The first-order valence-electron chi connectivity index (χ1n) is 6.78. The van der Waals surface area contributed by atoms with E-state index in [1.807, 2.05) is 12.1 Å². The highest BCUT2D eigenvalue weighted by Crippen LogP contribution is 2.37. The van der Waals surface area contributed by atoms with Gasteiger partial charge in [-0.2, -0.15) is 0 Å². The number of thioether (sulfide) groups is 1. The SMILES string of the molecule is O=C1/C(=C/c2cc(Cl)c(O)c(Cl)c2)SC(=S)N1Cc1cccnc1. The largest absolute Gasteiger partial charge is 0.505 e. The van der Waals surface area contributed by atoms with E-state index in [4.69, 9.17) is 35.4 Å². The molecule has 0 radical (unpaired) electrons. The molecular weight excluding hydrogens is 387 g/mol. The Morgan fingerprint density at radius 2 is 2.04 bits per heavy atom. The minimum Gasteiger partial charge on any atom is -0.505 e. The van der Waals surface area contributed by atoms with Crippen molar-refractivity contribution in [2.75, 3.05) is 0 Å². The first-order valence-corrected chi connectivity index (χ1v) is 8.76. The summed E-state index contributed by atoms with van der Waals surface area (Å²) in [5.41, 5.74) is 1.51. The van der Waals surface area contributed by atoms with Gasteiger partial charge in [-0.05, 0) is 35.4 Å². The molecule has 1 aromatic carbocycles. The molecule has 0 spiro atoms. The number of halogens is 2. The van der Waals surface area contributed by atoms with Crippen molar-refractivity contribution in [2.24, 2.45) is 0 Å². The van der Waals surface area contributed by atoms with Crippen LogP contribution in [0.3, 0.4) is 0 Å². The first-order chi connectivity index (χ1) is 11.5. The number of phenolic OH excluding ortho intramolecular Hbond substituents is 1. The standard InChI is InChI=1S/C16H10Cl2N2O2S2/c17-11-4-10(5-12(18)14(11)21)6-13-15(22)20(16(23)24-13)8-9-2-1-3-19-7-9/h1-7,21H,8H2/b13-6-. The van der Waals surface area contributed by atoms with Gasteiger partial charge in [0.1, 0.15) is 4.32 Å². The molecule has 0 saturated carbocycles. The number of benzene rings is 1. The van der Waals surface area contributed by atoms with E-state index in [9.17, 15) is 9.90 Å². The predicted molar refractivity (Wildman–Crippen MR) is 101 cm³/mol. The van der Waals surface area contributed by atoms with Gasteiger partial charge in [-0.1, -0.05) is 53.2 Å². The Morgan fingerprint density at radius 1 is 1.33 bits per heavy atom. The van der Waals surface area contributed by atoms with Crippen molar-refractivity contribution < 1.29 is 9.90 Å². The summed E-state index contributed by atoms with van der Waals surface area (Å²) in [5, 5.41) is 9.85. The van der Waals surface area contributed by atoms with E-state index in [1.165, 1.54) is 28.8 Å². The molecule has 1 aliphatic heterocycles. The Kier molecular flexibility index (Phi) is 5.10. The normalized spacial score (nSPS) is 16.2. The maximum Gasteiger partial charge on any atom is 0.266 e. The van der Waals surface area contributed by atoms with Crippen molar-refractivity contribution >= 4 is 63.5 Å². The fraction of sp³-hybridized carbons (Fsp3) is 0.0625. The third kappa shape index (κ3) is 3.57. The van der Waals surface area contributed by atoms with Crippen molar-refractivity contribution in [1.29, 1.82) is 0 Å². The zero-order valence-corrected chi connectivity index (χ0v) is 15.2. The fourth-order valence-corrected chi connectivity index (χ4v) is 3.89. The second-order valence-corrected chi connectivity index (χ2v) is 7.45. The van der Waals surface area contributed by atoms with Gasteiger partial charge in [0.05, 0.1) is 21.5 Å². The smallest absolute Gasteiger partial charge is 0.266 e. The lowest BCUT2D eigenvalue weighted by Gasteiger charge is -2.13. The van der Waals surface area contributed by atoms with Crippen LogP contribution in [-0.2, 0) is 11.3 Å². The minimum absolute atomic E-state index is 0.125. The van der Waals surface area contributed by atoms with Gasteiger partial charge < -0.3 is 5.11 Å². The zero-order valence-electron chi connectivity index (χ0n) is 12.1. The number of aromatic nitrogens is 1. The highest BCUT2D eigenvalue weighted by atomic mass is 35.5. The molecule has 24 heavy (non-hydrogen) atoms. The molecule has 0 atom stereocenters. The van der Waals surface area contributed by atoms with E-state index in [0.717, 1.165) is 5.56 Å². The average molecular weight is 397 g/mol. The maximum absolute atomic E-state index is 12.6. The van der Waals surface area contributed by atoms with Crippen LogP contribution in [-0.4, -0.2) is 25.2 Å². The number of rotatable bonds is 3. The maximum atomic E-state index is 12.6. The second-order valence-electron chi connectivity index (χ2n) is 4.96. The molecule has 1 fully saturated rings. The molecule has 0 bridgehead atoms. The summed E-state index contributed by atoms with van der Waals surface area (Å²) in [6.45, 7) is 0.368. The summed E-state index contributed by atoms with van der Waals surface area (Å²) < 4.78 is 0.478. The number of carbonyl (C=O) groups is 1. The lowest BCUT2D eigenvalue weighted by atomic mass is 10.2. The Balaban J connectivity index is 1.86. The molecule has 0 aliphatic carbocycles. The number of phenols is 1. The van der Waals surface area contributed by atoms with Crippen molar-refractivity contribution in [3.63, 3.8) is 0 Å².